The topological polar surface area (TPSA) is 85.6 Å². The van der Waals surface area contributed by atoms with Crippen molar-refractivity contribution in [1.29, 1.82) is 0 Å². The maximum atomic E-state index is 9.71. The van der Waals surface area contributed by atoms with Gasteiger partial charge in [0.25, 0.3) is 0 Å². The highest BCUT2D eigenvalue weighted by Crippen LogP contribution is 2.15. The molecule has 2 unspecified atom stereocenters. The van der Waals surface area contributed by atoms with Crippen molar-refractivity contribution in [2.45, 2.75) is 18.8 Å². The van der Waals surface area contributed by atoms with Crippen molar-refractivity contribution in [2.75, 3.05) is 13.6 Å². The zero-order valence-electron chi connectivity index (χ0n) is 8.59. The van der Waals surface area contributed by atoms with Gasteiger partial charge in [0.2, 0.25) is 0 Å². The molecule has 0 bridgehead atoms. The van der Waals surface area contributed by atoms with Gasteiger partial charge in [-0.3, -0.25) is 4.98 Å². The normalized spacial score (nSPS) is 14.9. The van der Waals surface area contributed by atoms with Crippen molar-refractivity contribution in [2.24, 2.45) is 0 Å². The van der Waals surface area contributed by atoms with Crippen LogP contribution >= 0.6 is 0 Å². The summed E-state index contributed by atoms with van der Waals surface area (Å²) >= 11 is 0. The van der Waals surface area contributed by atoms with Crippen molar-refractivity contribution in [1.82, 2.24) is 10.3 Å². The van der Waals surface area contributed by atoms with Gasteiger partial charge < -0.3 is 20.6 Å². The van der Waals surface area contributed by atoms with Gasteiger partial charge in [-0.2, -0.15) is 0 Å². The van der Waals surface area contributed by atoms with Crippen LogP contribution in [-0.2, 0) is 6.61 Å². The van der Waals surface area contributed by atoms with Crippen LogP contribution in [0.3, 0.4) is 0 Å². The lowest BCUT2D eigenvalue weighted by Crippen LogP contribution is -2.30. The molecule has 5 nitrogen and oxygen atoms in total. The molecule has 0 saturated heterocycles. The van der Waals surface area contributed by atoms with Crippen LogP contribution in [-0.4, -0.2) is 40.0 Å². The first-order chi connectivity index (χ1) is 7.19. The molecule has 1 heterocycles. The van der Waals surface area contributed by atoms with Crippen LogP contribution in [0.1, 0.15) is 17.4 Å². The summed E-state index contributed by atoms with van der Waals surface area (Å²) in [6.45, 7) is 0.177. The minimum absolute atomic E-state index is 0.107. The fourth-order valence-electron chi connectivity index (χ4n) is 1.27. The van der Waals surface area contributed by atoms with Crippen LogP contribution in [0.15, 0.2) is 18.3 Å². The minimum atomic E-state index is -1.04. The van der Waals surface area contributed by atoms with E-state index in [4.69, 9.17) is 5.11 Å². The number of hydrogen-bond acceptors (Lipinski definition) is 5. The van der Waals surface area contributed by atoms with Gasteiger partial charge in [-0.25, -0.2) is 0 Å². The van der Waals surface area contributed by atoms with Crippen molar-refractivity contribution in [3.05, 3.63) is 29.6 Å². The Morgan fingerprint density at radius 2 is 2.20 bits per heavy atom. The maximum absolute atomic E-state index is 9.71. The van der Waals surface area contributed by atoms with Crippen LogP contribution < -0.4 is 5.32 Å². The summed E-state index contributed by atoms with van der Waals surface area (Å²) in [4.78, 5) is 3.94. The molecule has 0 amide bonds. The molecule has 0 fully saturated rings. The lowest BCUT2D eigenvalue weighted by Gasteiger charge is -2.17. The Hall–Kier alpha value is -1.01. The quantitative estimate of drug-likeness (QED) is 0.513. The molecule has 1 rings (SSSR count). The van der Waals surface area contributed by atoms with Gasteiger partial charge in [0, 0.05) is 12.7 Å². The molecule has 5 heteroatoms. The van der Waals surface area contributed by atoms with Crippen molar-refractivity contribution < 1.29 is 15.3 Å². The van der Waals surface area contributed by atoms with E-state index < -0.39 is 12.2 Å². The minimum Gasteiger partial charge on any atom is -0.392 e. The maximum Gasteiger partial charge on any atom is 0.123 e. The van der Waals surface area contributed by atoms with Crippen LogP contribution in [0.25, 0.3) is 0 Å². The predicted octanol–water partition coefficient (Wildman–Crippen LogP) is -0.812. The lowest BCUT2D eigenvalue weighted by atomic mass is 10.1. The first-order valence-electron chi connectivity index (χ1n) is 4.75. The fraction of sp³-hybridized carbons (Fsp3) is 0.500. The fourth-order valence-corrected chi connectivity index (χ4v) is 1.27. The number of likely N-dealkylation sites (N-methyl/N-ethyl adjacent to an activating group) is 1. The Bertz CT molecular complexity index is 306. The van der Waals surface area contributed by atoms with Crippen molar-refractivity contribution >= 4 is 0 Å². The highest BCUT2D eigenvalue weighted by atomic mass is 16.3. The smallest absolute Gasteiger partial charge is 0.123 e. The van der Waals surface area contributed by atoms with E-state index >= 15 is 0 Å². The van der Waals surface area contributed by atoms with Gasteiger partial charge in [0.05, 0.1) is 18.4 Å². The predicted molar refractivity (Wildman–Crippen MR) is 55.1 cm³/mol. The monoisotopic (exact) mass is 212 g/mol. The van der Waals surface area contributed by atoms with E-state index in [-0.39, 0.29) is 13.2 Å². The molecule has 1 aromatic heterocycles. The number of pyridine rings is 1. The molecule has 0 aliphatic rings. The van der Waals surface area contributed by atoms with Gasteiger partial charge in [0.15, 0.2) is 0 Å². The van der Waals surface area contributed by atoms with Gasteiger partial charge in [0.1, 0.15) is 6.10 Å². The molecule has 15 heavy (non-hydrogen) atoms. The van der Waals surface area contributed by atoms with Crippen LogP contribution in [0.4, 0.5) is 0 Å². The lowest BCUT2D eigenvalue weighted by molar-refractivity contribution is 0.0176. The largest absolute Gasteiger partial charge is 0.392 e. The molecular formula is C10H16N2O3. The van der Waals surface area contributed by atoms with E-state index in [1.807, 2.05) is 0 Å². The number of hydrogen-bond donors (Lipinski definition) is 4. The third-order valence-corrected chi connectivity index (χ3v) is 2.11. The number of nitrogens with one attached hydrogen (secondary N) is 1. The SMILES string of the molecule is CNCC(O)C(O)c1cc(CO)ccn1. The Labute approximate surface area is 88.4 Å². The molecule has 2 atom stereocenters. The van der Waals surface area contributed by atoms with Crippen LogP contribution in [0.5, 0.6) is 0 Å². The van der Waals surface area contributed by atoms with E-state index in [9.17, 15) is 10.2 Å². The third-order valence-electron chi connectivity index (χ3n) is 2.11. The summed E-state index contributed by atoms with van der Waals surface area (Å²) in [5.74, 6) is 0. The van der Waals surface area contributed by atoms with E-state index in [0.29, 0.717) is 11.3 Å². The molecule has 0 radical (unpaired) electrons. The summed E-state index contributed by atoms with van der Waals surface area (Å²) in [7, 11) is 1.69. The Morgan fingerprint density at radius 3 is 2.80 bits per heavy atom. The molecule has 0 aliphatic carbocycles. The van der Waals surface area contributed by atoms with Gasteiger partial charge in [-0.15, -0.1) is 0 Å². The number of aromatic nitrogens is 1. The second kappa shape index (κ2) is 5.77. The molecule has 0 aromatic carbocycles. The number of aliphatic hydroxyl groups is 3. The molecule has 0 saturated carbocycles. The first kappa shape index (κ1) is 12.1. The molecule has 0 aliphatic heterocycles. The van der Waals surface area contributed by atoms with Gasteiger partial charge in [-0.1, -0.05) is 0 Å². The highest BCUT2D eigenvalue weighted by molar-refractivity contribution is 5.17. The standard InChI is InChI=1S/C10H16N2O3/c1-11-5-9(14)10(15)8-4-7(6-13)2-3-12-8/h2-4,9-11,13-15H,5-6H2,1H3. The second-order valence-electron chi connectivity index (χ2n) is 3.32. The molecule has 4 N–H and O–H groups in total. The van der Waals surface area contributed by atoms with Gasteiger partial charge >= 0.3 is 0 Å². The molecular weight excluding hydrogens is 196 g/mol. The van der Waals surface area contributed by atoms with Gasteiger partial charge in [-0.05, 0) is 24.7 Å². The summed E-state index contributed by atoms with van der Waals surface area (Å²) < 4.78 is 0. The van der Waals surface area contributed by atoms with Crippen molar-refractivity contribution in [3.8, 4) is 0 Å². The van der Waals surface area contributed by atoms with E-state index in [1.54, 1.807) is 19.2 Å². The highest BCUT2D eigenvalue weighted by Gasteiger charge is 2.18. The Morgan fingerprint density at radius 1 is 1.47 bits per heavy atom. The average Bonchev–Trinajstić information content (AvgIpc) is 2.28. The van der Waals surface area contributed by atoms with Crippen molar-refractivity contribution in [3.63, 3.8) is 0 Å². The van der Waals surface area contributed by atoms with E-state index in [1.165, 1.54) is 6.20 Å². The molecule has 84 valence electrons. The second-order valence-corrected chi connectivity index (χ2v) is 3.32. The summed E-state index contributed by atoms with van der Waals surface area (Å²) in [5.41, 5.74) is 1.03. The van der Waals surface area contributed by atoms with Crippen LogP contribution in [0.2, 0.25) is 0 Å². The first-order valence-corrected chi connectivity index (χ1v) is 4.75. The average molecular weight is 212 g/mol. The zero-order valence-corrected chi connectivity index (χ0v) is 8.59. The third kappa shape index (κ3) is 3.24. The van der Waals surface area contributed by atoms with Crippen LogP contribution in [0, 0.1) is 0 Å². The summed E-state index contributed by atoms with van der Waals surface area (Å²) in [6.07, 6.45) is -0.448. The zero-order chi connectivity index (χ0) is 11.3. The summed E-state index contributed by atoms with van der Waals surface area (Å²) in [6, 6.07) is 3.23. The number of rotatable bonds is 5. The van der Waals surface area contributed by atoms with E-state index in [0.717, 1.165) is 0 Å². The molecule has 1 aromatic rings. The number of nitrogens with zero attached hydrogens (tertiary/aromatic N) is 1. The molecule has 0 spiro atoms. The Balaban J connectivity index is 2.76. The Kier molecular flexibility index (Phi) is 4.64. The summed E-state index contributed by atoms with van der Waals surface area (Å²) in [5, 5.41) is 30.9. The van der Waals surface area contributed by atoms with E-state index in [2.05, 4.69) is 10.3 Å². The number of aliphatic hydroxyl groups excluding tert-OH is 3.